The molecule has 172 valence electrons. The first-order chi connectivity index (χ1) is 15.1. The van der Waals surface area contributed by atoms with Gasteiger partial charge in [0.1, 0.15) is 6.04 Å². The first kappa shape index (κ1) is 23.7. The summed E-state index contributed by atoms with van der Waals surface area (Å²) < 4.78 is 5.97. The lowest BCUT2D eigenvalue weighted by molar-refractivity contribution is -0.140. The number of carbonyl (C=O) groups is 2. The van der Waals surface area contributed by atoms with Crippen LogP contribution in [-0.4, -0.2) is 61.6 Å². The summed E-state index contributed by atoms with van der Waals surface area (Å²) in [5, 5.41) is 6.07. The maximum absolute atomic E-state index is 13.6. The molecule has 3 atom stereocenters. The lowest BCUT2D eigenvalue weighted by Gasteiger charge is -2.35. The molecule has 1 heterocycles. The van der Waals surface area contributed by atoms with E-state index in [-0.39, 0.29) is 29.8 Å². The van der Waals surface area contributed by atoms with Gasteiger partial charge >= 0.3 is 0 Å². The van der Waals surface area contributed by atoms with E-state index >= 15 is 0 Å². The van der Waals surface area contributed by atoms with E-state index in [2.05, 4.69) is 22.8 Å². The average molecular weight is 430 g/mol. The van der Waals surface area contributed by atoms with Crippen LogP contribution in [0.1, 0.15) is 57.4 Å². The van der Waals surface area contributed by atoms with Crippen LogP contribution < -0.4 is 10.6 Å². The largest absolute Gasteiger partial charge is 0.379 e. The molecule has 0 radical (unpaired) electrons. The van der Waals surface area contributed by atoms with Crippen molar-refractivity contribution in [2.45, 2.75) is 76.4 Å². The fraction of sp³-hybridized carbons (Fsp3) is 0.680. The molecule has 0 bridgehead atoms. The van der Waals surface area contributed by atoms with Gasteiger partial charge in [0.25, 0.3) is 0 Å². The van der Waals surface area contributed by atoms with E-state index in [0.717, 1.165) is 51.5 Å². The topological polar surface area (TPSA) is 70.7 Å². The quantitative estimate of drug-likeness (QED) is 0.561. The van der Waals surface area contributed by atoms with Crippen molar-refractivity contribution in [3.05, 3.63) is 35.9 Å². The van der Waals surface area contributed by atoms with Gasteiger partial charge in [-0.3, -0.25) is 9.59 Å². The standard InChI is InChI=1S/C25H39N3O3/c1-19(26-2)24(29)27-23(21-12-7-4-8-13-21)25(30)28-16-9-14-22(28)18-31-17-15-20-10-5-3-6-11-20/h3,5-6,10-11,19,21-23,26H,4,7-9,12-18H2,1-2H3,(H,27,29)/t19-,22-,23-/m0/s1. The van der Waals surface area contributed by atoms with Crippen molar-refractivity contribution >= 4 is 11.8 Å². The molecule has 0 unspecified atom stereocenters. The molecule has 1 aromatic rings. The third-order valence-electron chi connectivity index (χ3n) is 6.86. The van der Waals surface area contributed by atoms with Gasteiger partial charge in [-0.15, -0.1) is 0 Å². The monoisotopic (exact) mass is 429 g/mol. The molecule has 2 fully saturated rings. The lowest BCUT2D eigenvalue weighted by Crippen LogP contribution is -2.56. The summed E-state index contributed by atoms with van der Waals surface area (Å²) in [6, 6.07) is 9.70. The van der Waals surface area contributed by atoms with E-state index in [1.54, 1.807) is 7.05 Å². The van der Waals surface area contributed by atoms with Gasteiger partial charge in [0.15, 0.2) is 0 Å². The fourth-order valence-corrected chi connectivity index (χ4v) is 4.79. The fourth-order valence-electron chi connectivity index (χ4n) is 4.79. The van der Waals surface area contributed by atoms with Gasteiger partial charge in [-0.1, -0.05) is 49.6 Å². The average Bonchev–Trinajstić information content (AvgIpc) is 3.29. The van der Waals surface area contributed by atoms with Crippen LogP contribution in [0.25, 0.3) is 0 Å². The Morgan fingerprint density at radius 1 is 1.10 bits per heavy atom. The van der Waals surface area contributed by atoms with E-state index in [9.17, 15) is 9.59 Å². The van der Waals surface area contributed by atoms with Crippen molar-refractivity contribution in [3.8, 4) is 0 Å². The molecule has 1 aliphatic carbocycles. The van der Waals surface area contributed by atoms with Crippen molar-refractivity contribution in [1.82, 2.24) is 15.5 Å². The molecule has 31 heavy (non-hydrogen) atoms. The molecule has 1 aromatic carbocycles. The van der Waals surface area contributed by atoms with Gasteiger partial charge in [0.2, 0.25) is 11.8 Å². The molecule has 1 aliphatic heterocycles. The lowest BCUT2D eigenvalue weighted by atomic mass is 9.83. The number of amides is 2. The highest BCUT2D eigenvalue weighted by atomic mass is 16.5. The Labute approximate surface area is 187 Å². The highest BCUT2D eigenvalue weighted by Gasteiger charge is 2.38. The Balaban J connectivity index is 1.58. The molecular formula is C25H39N3O3. The molecule has 0 aromatic heterocycles. The Kier molecular flexibility index (Phi) is 9.34. The van der Waals surface area contributed by atoms with Crippen molar-refractivity contribution in [1.29, 1.82) is 0 Å². The molecule has 1 saturated heterocycles. The second kappa shape index (κ2) is 12.2. The minimum Gasteiger partial charge on any atom is -0.379 e. The zero-order chi connectivity index (χ0) is 22.1. The molecule has 1 saturated carbocycles. The van der Waals surface area contributed by atoms with Crippen molar-refractivity contribution in [3.63, 3.8) is 0 Å². The Bertz CT molecular complexity index is 691. The molecule has 6 heteroatoms. The number of likely N-dealkylation sites (tertiary alicyclic amines) is 1. The normalized spacial score (nSPS) is 21.6. The number of ether oxygens (including phenoxy) is 1. The number of benzene rings is 1. The zero-order valence-corrected chi connectivity index (χ0v) is 19.1. The van der Waals surface area contributed by atoms with Crippen LogP contribution >= 0.6 is 0 Å². The zero-order valence-electron chi connectivity index (χ0n) is 19.1. The van der Waals surface area contributed by atoms with Gasteiger partial charge in [-0.2, -0.15) is 0 Å². The van der Waals surface area contributed by atoms with Gasteiger partial charge in [0, 0.05) is 6.54 Å². The number of likely N-dealkylation sites (N-methyl/N-ethyl adjacent to an activating group) is 1. The SMILES string of the molecule is CN[C@@H](C)C(=O)N[C@H](C(=O)N1CCC[C@H]1COCCc1ccccc1)C1CCCCC1. The highest BCUT2D eigenvalue weighted by molar-refractivity contribution is 5.90. The van der Waals surface area contributed by atoms with Crippen LogP contribution in [-0.2, 0) is 20.7 Å². The first-order valence-electron chi connectivity index (χ1n) is 12.0. The van der Waals surface area contributed by atoms with E-state index in [0.29, 0.717) is 13.2 Å². The van der Waals surface area contributed by atoms with Crippen LogP contribution in [0.5, 0.6) is 0 Å². The van der Waals surface area contributed by atoms with Gasteiger partial charge < -0.3 is 20.3 Å². The van der Waals surface area contributed by atoms with Crippen LogP contribution in [0, 0.1) is 5.92 Å². The Morgan fingerprint density at radius 2 is 1.84 bits per heavy atom. The van der Waals surface area contributed by atoms with Crippen LogP contribution in [0.15, 0.2) is 30.3 Å². The van der Waals surface area contributed by atoms with E-state index in [1.807, 2.05) is 30.0 Å². The first-order valence-corrected chi connectivity index (χ1v) is 12.0. The maximum atomic E-state index is 13.6. The molecule has 0 spiro atoms. The van der Waals surface area contributed by atoms with Crippen molar-refractivity contribution < 1.29 is 14.3 Å². The van der Waals surface area contributed by atoms with E-state index in [4.69, 9.17) is 4.74 Å². The smallest absolute Gasteiger partial charge is 0.245 e. The second-order valence-corrected chi connectivity index (χ2v) is 9.03. The summed E-state index contributed by atoms with van der Waals surface area (Å²) >= 11 is 0. The van der Waals surface area contributed by atoms with Gasteiger partial charge in [-0.05, 0) is 57.6 Å². The number of nitrogens with zero attached hydrogens (tertiary/aromatic N) is 1. The number of rotatable bonds is 10. The van der Waals surface area contributed by atoms with E-state index < -0.39 is 6.04 Å². The maximum Gasteiger partial charge on any atom is 0.245 e. The molecular weight excluding hydrogens is 390 g/mol. The molecule has 6 nitrogen and oxygen atoms in total. The molecule has 2 aliphatic rings. The molecule has 2 N–H and O–H groups in total. The van der Waals surface area contributed by atoms with Crippen molar-refractivity contribution in [2.24, 2.45) is 5.92 Å². The highest BCUT2D eigenvalue weighted by Crippen LogP contribution is 2.29. The summed E-state index contributed by atoms with van der Waals surface area (Å²) in [6.45, 7) is 3.81. The number of carbonyl (C=O) groups excluding carboxylic acids is 2. The van der Waals surface area contributed by atoms with Gasteiger partial charge in [-0.25, -0.2) is 0 Å². The van der Waals surface area contributed by atoms with Crippen LogP contribution in [0.3, 0.4) is 0 Å². The summed E-state index contributed by atoms with van der Waals surface area (Å²) in [7, 11) is 1.77. The summed E-state index contributed by atoms with van der Waals surface area (Å²) in [5.74, 6) is 0.216. The third kappa shape index (κ3) is 6.78. The van der Waals surface area contributed by atoms with Crippen molar-refractivity contribution in [2.75, 3.05) is 26.8 Å². The van der Waals surface area contributed by atoms with Crippen LogP contribution in [0.2, 0.25) is 0 Å². The Morgan fingerprint density at radius 3 is 2.55 bits per heavy atom. The minimum atomic E-state index is -0.423. The number of nitrogens with one attached hydrogen (secondary N) is 2. The second-order valence-electron chi connectivity index (χ2n) is 9.03. The summed E-state index contributed by atoms with van der Waals surface area (Å²) in [6.07, 6.45) is 8.36. The molecule has 3 rings (SSSR count). The minimum absolute atomic E-state index is 0.0812. The predicted molar refractivity (Wildman–Crippen MR) is 123 cm³/mol. The number of hydrogen-bond donors (Lipinski definition) is 2. The third-order valence-corrected chi connectivity index (χ3v) is 6.86. The van der Waals surface area contributed by atoms with Crippen LogP contribution in [0.4, 0.5) is 0 Å². The van der Waals surface area contributed by atoms with Gasteiger partial charge in [0.05, 0.1) is 25.3 Å². The molecule has 2 amide bonds. The van der Waals surface area contributed by atoms with E-state index in [1.165, 1.54) is 12.0 Å². The Hall–Kier alpha value is -1.92. The summed E-state index contributed by atoms with van der Waals surface area (Å²) in [4.78, 5) is 28.2. The predicted octanol–water partition coefficient (Wildman–Crippen LogP) is 2.91. The summed E-state index contributed by atoms with van der Waals surface area (Å²) in [5.41, 5.74) is 1.26. The number of hydrogen-bond acceptors (Lipinski definition) is 4.